The van der Waals surface area contributed by atoms with Gasteiger partial charge in [-0.1, -0.05) is 12.1 Å². The molecule has 3 N–H and O–H groups in total. The maximum atomic E-state index is 13.3. The minimum atomic E-state index is -5.99. The van der Waals surface area contributed by atoms with E-state index in [1.165, 1.54) is 16.4 Å². The van der Waals surface area contributed by atoms with Crippen molar-refractivity contribution in [3.63, 3.8) is 0 Å². The number of nitrogens with two attached hydrogens (primary N) is 1. The second kappa shape index (κ2) is 10.7. The summed E-state index contributed by atoms with van der Waals surface area (Å²) >= 11 is 0.931. The first-order valence-electron chi connectivity index (χ1n) is 12.0. The molecule has 1 aromatic carbocycles. The number of hydrogen-bond donors (Lipinski definition) is 2. The van der Waals surface area contributed by atoms with Crippen molar-refractivity contribution < 1.29 is 44.6 Å². The summed E-state index contributed by atoms with van der Waals surface area (Å²) < 4.78 is 113. The molecular formula is C23H28F6N4O4S2. The fourth-order valence-corrected chi connectivity index (χ4v) is 7.54. The number of thiophene rings is 1. The lowest BCUT2D eigenvalue weighted by atomic mass is 9.92. The lowest BCUT2D eigenvalue weighted by molar-refractivity contribution is -0.376. The first-order valence-corrected chi connectivity index (χ1v) is 14.2. The number of piperazine rings is 1. The van der Waals surface area contributed by atoms with Crippen molar-refractivity contribution in [1.82, 2.24) is 9.21 Å². The van der Waals surface area contributed by atoms with E-state index in [0.29, 0.717) is 49.1 Å². The first-order chi connectivity index (χ1) is 18.1. The largest absolute Gasteiger partial charge is 0.430 e. The zero-order valence-corrected chi connectivity index (χ0v) is 22.4. The number of ether oxygens (including phenoxy) is 1. The number of anilines is 2. The average molecular weight is 603 g/mol. The van der Waals surface area contributed by atoms with Gasteiger partial charge in [-0.15, -0.1) is 11.3 Å². The van der Waals surface area contributed by atoms with Crippen LogP contribution in [0, 0.1) is 0 Å². The van der Waals surface area contributed by atoms with E-state index in [1.54, 1.807) is 4.90 Å². The Morgan fingerprint density at radius 1 is 1.03 bits per heavy atom. The number of aliphatic hydroxyl groups is 1. The maximum Gasteiger partial charge on any atom is 0.430 e. The second-order valence-electron chi connectivity index (χ2n) is 9.54. The molecule has 2 aliphatic heterocycles. The Balaban J connectivity index is 1.64. The molecule has 2 fully saturated rings. The van der Waals surface area contributed by atoms with Crippen LogP contribution >= 0.6 is 11.3 Å². The molecule has 8 nitrogen and oxygen atoms in total. The maximum absolute atomic E-state index is 13.3. The molecule has 0 aliphatic carbocycles. The van der Waals surface area contributed by atoms with Crippen LogP contribution in [-0.4, -0.2) is 93.1 Å². The summed E-state index contributed by atoms with van der Waals surface area (Å²) in [7, 11) is -3.87. The van der Waals surface area contributed by atoms with Gasteiger partial charge in [-0.2, -0.15) is 30.6 Å². The van der Waals surface area contributed by atoms with Gasteiger partial charge in [0.2, 0.25) is 0 Å². The van der Waals surface area contributed by atoms with Crippen molar-refractivity contribution in [2.75, 3.05) is 56.6 Å². The van der Waals surface area contributed by atoms with Gasteiger partial charge >= 0.3 is 12.4 Å². The van der Waals surface area contributed by atoms with Gasteiger partial charge < -0.3 is 20.5 Å². The molecule has 2 saturated heterocycles. The predicted molar refractivity (Wildman–Crippen MR) is 133 cm³/mol. The van der Waals surface area contributed by atoms with Crippen LogP contribution < -0.4 is 10.6 Å². The number of halogens is 6. The van der Waals surface area contributed by atoms with Gasteiger partial charge in [0.05, 0.1) is 24.3 Å². The molecule has 2 aromatic rings. The number of morpholine rings is 1. The SMILES string of the molecule is CC1COCCN1CC1CN(S(=O)(=O)c2ccc(N)s2)CCN1c1ccc(C(O)(C(F)(F)F)C(F)(F)F)cc1. The quantitative estimate of drug-likeness (QED) is 0.490. The van der Waals surface area contributed by atoms with Crippen molar-refractivity contribution in [1.29, 1.82) is 0 Å². The van der Waals surface area contributed by atoms with Gasteiger partial charge in [-0.3, -0.25) is 4.90 Å². The molecule has 16 heteroatoms. The summed E-state index contributed by atoms with van der Waals surface area (Å²) in [6.07, 6.45) is -12.0. The molecule has 2 aliphatic rings. The van der Waals surface area contributed by atoms with Gasteiger partial charge in [-0.25, -0.2) is 8.42 Å². The third kappa shape index (κ3) is 5.72. The molecule has 2 atom stereocenters. The minimum Gasteiger partial charge on any atom is -0.391 e. The van der Waals surface area contributed by atoms with Crippen LogP contribution in [0.1, 0.15) is 12.5 Å². The van der Waals surface area contributed by atoms with E-state index < -0.39 is 39.6 Å². The number of rotatable bonds is 6. The third-order valence-corrected chi connectivity index (χ3v) is 10.3. The topological polar surface area (TPSA) is 99.3 Å². The number of nitrogen functional groups attached to an aromatic ring is 1. The van der Waals surface area contributed by atoms with E-state index in [9.17, 15) is 39.9 Å². The molecule has 39 heavy (non-hydrogen) atoms. The van der Waals surface area contributed by atoms with Crippen LogP contribution in [0.2, 0.25) is 0 Å². The van der Waals surface area contributed by atoms with Crippen LogP contribution in [0.5, 0.6) is 0 Å². The van der Waals surface area contributed by atoms with Crippen molar-refractivity contribution >= 4 is 32.0 Å². The fourth-order valence-electron chi connectivity index (χ4n) is 4.83. The van der Waals surface area contributed by atoms with Crippen molar-refractivity contribution in [2.24, 2.45) is 0 Å². The number of alkyl halides is 6. The van der Waals surface area contributed by atoms with Gasteiger partial charge in [0.1, 0.15) is 4.21 Å². The summed E-state index contributed by atoms with van der Waals surface area (Å²) in [5, 5.41) is 10.1. The standard InChI is InChI=1S/C23H28F6N4O4S2/c1-15-14-37-11-10-31(15)12-18-13-32(39(35,36)20-7-6-19(30)38-20)8-9-33(18)17-4-2-16(3-5-17)21(34,22(24,25)26)23(27,28)29/h2-7,15,18,34H,8-14,30H2,1H3. The van der Waals surface area contributed by atoms with Crippen LogP contribution in [-0.2, 0) is 20.4 Å². The van der Waals surface area contributed by atoms with Crippen LogP contribution in [0.25, 0.3) is 0 Å². The highest BCUT2D eigenvalue weighted by Gasteiger charge is 2.71. The highest BCUT2D eigenvalue weighted by molar-refractivity contribution is 7.91. The fraction of sp³-hybridized carbons (Fsp3) is 0.565. The van der Waals surface area contributed by atoms with Crippen LogP contribution in [0.4, 0.5) is 37.0 Å². The Hall–Kier alpha value is -2.11. The molecule has 0 radical (unpaired) electrons. The van der Waals surface area contributed by atoms with Crippen molar-refractivity contribution in [3.05, 3.63) is 42.0 Å². The Morgan fingerprint density at radius 3 is 2.21 bits per heavy atom. The van der Waals surface area contributed by atoms with Gasteiger partial charge in [0.15, 0.2) is 0 Å². The Kier molecular flexibility index (Phi) is 8.20. The predicted octanol–water partition coefficient (Wildman–Crippen LogP) is 3.24. The Morgan fingerprint density at radius 2 is 1.67 bits per heavy atom. The summed E-state index contributed by atoms with van der Waals surface area (Å²) in [5.41, 5.74) is -0.376. The number of nitrogens with zero attached hydrogens (tertiary/aromatic N) is 3. The molecule has 0 amide bonds. The highest BCUT2D eigenvalue weighted by atomic mass is 32.2. The summed E-state index contributed by atoms with van der Waals surface area (Å²) in [4.78, 5) is 3.86. The molecule has 218 valence electrons. The summed E-state index contributed by atoms with van der Waals surface area (Å²) in [6, 6.07) is 5.80. The third-order valence-electron chi connectivity index (χ3n) is 7.03. The van der Waals surface area contributed by atoms with Crippen molar-refractivity contribution in [3.8, 4) is 0 Å². The monoisotopic (exact) mass is 602 g/mol. The van der Waals surface area contributed by atoms with E-state index in [-0.39, 0.29) is 29.9 Å². The Labute approximate surface area is 225 Å². The van der Waals surface area contributed by atoms with Gasteiger partial charge in [0, 0.05) is 50.0 Å². The smallest absolute Gasteiger partial charge is 0.391 e. The molecule has 1 aromatic heterocycles. The molecule has 4 rings (SSSR count). The van der Waals surface area contributed by atoms with Gasteiger partial charge in [0.25, 0.3) is 15.6 Å². The molecule has 0 bridgehead atoms. The van der Waals surface area contributed by atoms with Crippen molar-refractivity contribution in [2.45, 2.75) is 41.2 Å². The average Bonchev–Trinajstić information content (AvgIpc) is 3.31. The number of hydrogen-bond acceptors (Lipinski definition) is 8. The van der Waals surface area contributed by atoms with E-state index in [1.807, 2.05) is 6.92 Å². The minimum absolute atomic E-state index is 0.0145. The van der Waals surface area contributed by atoms with E-state index in [4.69, 9.17) is 10.5 Å². The van der Waals surface area contributed by atoms with Gasteiger partial charge in [-0.05, 0) is 31.2 Å². The Bertz CT molecular complexity index is 1240. The zero-order chi connectivity index (χ0) is 28.8. The second-order valence-corrected chi connectivity index (χ2v) is 12.8. The number of benzene rings is 1. The van der Waals surface area contributed by atoms with E-state index >= 15 is 0 Å². The summed E-state index contributed by atoms with van der Waals surface area (Å²) in [6.45, 7) is 4.02. The normalized spacial score (nSPS) is 22.8. The molecule has 2 unspecified atom stereocenters. The molecule has 3 heterocycles. The summed E-state index contributed by atoms with van der Waals surface area (Å²) in [5.74, 6) is 0. The van der Waals surface area contributed by atoms with Crippen LogP contribution in [0.15, 0.2) is 40.6 Å². The molecular weight excluding hydrogens is 574 g/mol. The molecule has 0 spiro atoms. The lowest BCUT2D eigenvalue weighted by Gasteiger charge is -2.45. The number of sulfonamides is 1. The lowest BCUT2D eigenvalue weighted by Crippen LogP contribution is -2.60. The zero-order valence-electron chi connectivity index (χ0n) is 20.7. The van der Waals surface area contributed by atoms with E-state index in [0.717, 1.165) is 23.5 Å². The van der Waals surface area contributed by atoms with E-state index in [2.05, 4.69) is 4.90 Å². The highest BCUT2D eigenvalue weighted by Crippen LogP contribution is 2.50. The first kappa shape index (κ1) is 29.9. The molecule has 0 saturated carbocycles. The van der Waals surface area contributed by atoms with Crippen LogP contribution in [0.3, 0.4) is 0 Å².